The van der Waals surface area contributed by atoms with Crippen molar-refractivity contribution in [3.63, 3.8) is 0 Å². The molecule has 1 N–H and O–H groups in total. The highest BCUT2D eigenvalue weighted by atomic mass is 19.4. The van der Waals surface area contributed by atoms with Gasteiger partial charge in [-0.15, -0.1) is 0 Å². The van der Waals surface area contributed by atoms with Gasteiger partial charge in [-0.1, -0.05) is 0 Å². The zero-order valence-electron chi connectivity index (χ0n) is 10.2. The van der Waals surface area contributed by atoms with Crippen molar-refractivity contribution in [3.05, 3.63) is 0 Å². The van der Waals surface area contributed by atoms with Gasteiger partial charge >= 0.3 is 6.18 Å². The maximum absolute atomic E-state index is 12.3. The predicted molar refractivity (Wildman–Crippen MR) is 60.3 cm³/mol. The molecule has 6 heteroatoms. The number of hydrogen-bond donors (Lipinski definition) is 1. The Morgan fingerprint density at radius 3 is 2.67 bits per heavy atom. The molecule has 3 aliphatic rings. The van der Waals surface area contributed by atoms with E-state index in [2.05, 4.69) is 5.32 Å². The van der Waals surface area contributed by atoms with E-state index in [9.17, 15) is 13.2 Å². The quantitative estimate of drug-likeness (QED) is 0.836. The van der Waals surface area contributed by atoms with Crippen LogP contribution >= 0.6 is 0 Å². The minimum atomic E-state index is -4.08. The minimum absolute atomic E-state index is 0.195. The van der Waals surface area contributed by atoms with Crippen LogP contribution in [0.4, 0.5) is 13.2 Å². The standard InChI is InChI=1S/C12H19F3N2O/c13-12(14,15)7-17-4-3-8(6-17)16-10-5-9-1-2-11(10)18-9/h8-11,16H,1-7H2/t8-,9+,10+,11+/m0/s1. The number of likely N-dealkylation sites (tertiary alicyclic amines) is 1. The highest BCUT2D eigenvalue weighted by molar-refractivity contribution is 4.96. The van der Waals surface area contributed by atoms with Gasteiger partial charge < -0.3 is 10.1 Å². The summed E-state index contributed by atoms with van der Waals surface area (Å²) < 4.78 is 42.6. The average Bonchev–Trinajstić information content (AvgIpc) is 2.92. The molecule has 4 atom stereocenters. The lowest BCUT2D eigenvalue weighted by molar-refractivity contribution is -0.143. The van der Waals surface area contributed by atoms with Gasteiger partial charge in [-0.25, -0.2) is 0 Å². The first-order valence-electron chi connectivity index (χ1n) is 6.70. The maximum atomic E-state index is 12.3. The Kier molecular flexibility index (Phi) is 3.28. The summed E-state index contributed by atoms with van der Waals surface area (Å²) in [5.41, 5.74) is 0. The fourth-order valence-electron chi connectivity index (χ4n) is 3.48. The molecule has 3 nitrogen and oxygen atoms in total. The monoisotopic (exact) mass is 264 g/mol. The third-order valence-electron chi connectivity index (χ3n) is 4.23. The van der Waals surface area contributed by atoms with Crippen LogP contribution < -0.4 is 5.32 Å². The second kappa shape index (κ2) is 4.65. The van der Waals surface area contributed by atoms with Crippen LogP contribution in [-0.2, 0) is 4.74 Å². The molecule has 0 saturated carbocycles. The van der Waals surface area contributed by atoms with Gasteiger partial charge in [-0.2, -0.15) is 13.2 Å². The predicted octanol–water partition coefficient (Wildman–Crippen LogP) is 1.53. The van der Waals surface area contributed by atoms with Crippen LogP contribution in [0.15, 0.2) is 0 Å². The molecule has 3 fully saturated rings. The van der Waals surface area contributed by atoms with E-state index >= 15 is 0 Å². The van der Waals surface area contributed by atoms with Crippen LogP contribution in [0.1, 0.15) is 25.7 Å². The minimum Gasteiger partial charge on any atom is -0.373 e. The van der Waals surface area contributed by atoms with E-state index in [1.54, 1.807) is 0 Å². The molecule has 0 aromatic carbocycles. The number of rotatable bonds is 3. The highest BCUT2D eigenvalue weighted by Gasteiger charge is 2.42. The van der Waals surface area contributed by atoms with Crippen LogP contribution in [0, 0.1) is 0 Å². The SMILES string of the molecule is FC(F)(F)CN1CC[C@H](N[C@@H]2C[C@H]3CC[C@H]2O3)C1. The van der Waals surface area contributed by atoms with Crippen LogP contribution in [0.25, 0.3) is 0 Å². The topological polar surface area (TPSA) is 24.5 Å². The Labute approximate surface area is 105 Å². The third kappa shape index (κ3) is 2.81. The molecule has 3 saturated heterocycles. The van der Waals surface area contributed by atoms with Gasteiger partial charge in [0.2, 0.25) is 0 Å². The van der Waals surface area contributed by atoms with Crippen molar-refractivity contribution in [2.75, 3.05) is 19.6 Å². The van der Waals surface area contributed by atoms with Crippen LogP contribution in [0.3, 0.4) is 0 Å². The summed E-state index contributed by atoms with van der Waals surface area (Å²) in [6.45, 7) is 0.268. The largest absolute Gasteiger partial charge is 0.401 e. The zero-order valence-corrected chi connectivity index (χ0v) is 10.2. The number of alkyl halides is 3. The number of nitrogens with zero attached hydrogens (tertiary/aromatic N) is 1. The van der Waals surface area contributed by atoms with E-state index in [0.717, 1.165) is 25.7 Å². The van der Waals surface area contributed by atoms with Gasteiger partial charge in [0, 0.05) is 25.2 Å². The molecular weight excluding hydrogens is 245 g/mol. The lowest BCUT2D eigenvalue weighted by Crippen LogP contribution is -2.45. The van der Waals surface area contributed by atoms with E-state index in [4.69, 9.17) is 4.74 Å². The molecule has 0 amide bonds. The van der Waals surface area contributed by atoms with Crippen molar-refractivity contribution in [3.8, 4) is 0 Å². The third-order valence-corrected chi connectivity index (χ3v) is 4.23. The van der Waals surface area contributed by atoms with Crippen molar-refractivity contribution in [1.82, 2.24) is 10.2 Å². The number of fused-ring (bicyclic) bond motifs is 2. The first-order valence-corrected chi connectivity index (χ1v) is 6.70. The number of halogens is 3. The maximum Gasteiger partial charge on any atom is 0.401 e. The fraction of sp³-hybridized carbons (Fsp3) is 1.00. The van der Waals surface area contributed by atoms with E-state index in [1.807, 2.05) is 0 Å². The lowest BCUT2D eigenvalue weighted by atomic mass is 9.95. The number of ether oxygens (including phenoxy) is 1. The zero-order chi connectivity index (χ0) is 12.8. The Hall–Kier alpha value is -0.330. The van der Waals surface area contributed by atoms with Gasteiger partial charge in [-0.05, 0) is 25.7 Å². The average molecular weight is 264 g/mol. The van der Waals surface area contributed by atoms with Crippen molar-refractivity contribution in [2.24, 2.45) is 0 Å². The molecule has 2 bridgehead atoms. The van der Waals surface area contributed by atoms with Gasteiger partial charge in [0.1, 0.15) is 0 Å². The van der Waals surface area contributed by atoms with E-state index in [1.165, 1.54) is 4.90 Å². The van der Waals surface area contributed by atoms with Gasteiger partial charge in [0.15, 0.2) is 0 Å². The van der Waals surface area contributed by atoms with Crippen molar-refractivity contribution < 1.29 is 17.9 Å². The second-order valence-corrected chi connectivity index (χ2v) is 5.72. The van der Waals surface area contributed by atoms with E-state index in [0.29, 0.717) is 31.3 Å². The molecule has 3 aliphatic heterocycles. The first-order chi connectivity index (χ1) is 8.49. The smallest absolute Gasteiger partial charge is 0.373 e. The fourth-order valence-corrected chi connectivity index (χ4v) is 3.48. The Morgan fingerprint density at radius 1 is 1.22 bits per heavy atom. The molecule has 3 rings (SSSR count). The van der Waals surface area contributed by atoms with Crippen LogP contribution in [0.5, 0.6) is 0 Å². The highest BCUT2D eigenvalue weighted by Crippen LogP contribution is 2.35. The second-order valence-electron chi connectivity index (χ2n) is 5.72. The lowest BCUT2D eigenvalue weighted by Gasteiger charge is -2.24. The summed E-state index contributed by atoms with van der Waals surface area (Å²) in [4.78, 5) is 1.49. The summed E-state index contributed by atoms with van der Waals surface area (Å²) in [6, 6.07) is 0.555. The van der Waals surface area contributed by atoms with Crippen LogP contribution in [0.2, 0.25) is 0 Å². The Morgan fingerprint density at radius 2 is 2.06 bits per heavy atom. The summed E-state index contributed by atoms with van der Waals surface area (Å²) in [5, 5.41) is 3.49. The molecule has 0 aromatic rings. The molecule has 0 radical (unpaired) electrons. The molecule has 0 spiro atoms. The van der Waals surface area contributed by atoms with Crippen LogP contribution in [-0.4, -0.2) is 55.0 Å². The summed E-state index contributed by atoms with van der Waals surface area (Å²) >= 11 is 0. The molecule has 18 heavy (non-hydrogen) atoms. The Balaban J connectivity index is 1.45. The molecule has 0 aliphatic carbocycles. The summed E-state index contributed by atoms with van der Waals surface area (Å²) in [6.07, 6.45) is 0.691. The Bertz CT molecular complexity index is 310. The van der Waals surface area contributed by atoms with Gasteiger partial charge in [0.25, 0.3) is 0 Å². The van der Waals surface area contributed by atoms with Crippen molar-refractivity contribution in [2.45, 2.75) is 56.2 Å². The first kappa shape index (κ1) is 12.7. The van der Waals surface area contributed by atoms with E-state index in [-0.39, 0.29) is 6.04 Å². The molecular formula is C12H19F3N2O. The molecule has 0 unspecified atom stereocenters. The number of hydrogen-bond acceptors (Lipinski definition) is 3. The molecule has 104 valence electrons. The van der Waals surface area contributed by atoms with Gasteiger partial charge in [0.05, 0.1) is 18.8 Å². The van der Waals surface area contributed by atoms with Gasteiger partial charge in [-0.3, -0.25) is 4.90 Å². The molecule has 3 heterocycles. The summed E-state index contributed by atoms with van der Waals surface area (Å²) in [7, 11) is 0. The van der Waals surface area contributed by atoms with Crippen molar-refractivity contribution in [1.29, 1.82) is 0 Å². The number of nitrogens with one attached hydrogen (secondary N) is 1. The van der Waals surface area contributed by atoms with Crippen molar-refractivity contribution >= 4 is 0 Å². The normalized spacial score (nSPS) is 40.8. The van der Waals surface area contributed by atoms with E-state index < -0.39 is 12.7 Å². The molecule has 0 aromatic heterocycles. The summed E-state index contributed by atoms with van der Waals surface area (Å²) in [5.74, 6) is 0.